The van der Waals surface area contributed by atoms with E-state index in [1.807, 2.05) is 6.92 Å². The van der Waals surface area contributed by atoms with E-state index in [0.29, 0.717) is 12.5 Å². The third-order valence-corrected chi connectivity index (χ3v) is 2.56. The molecule has 4 nitrogen and oxygen atoms in total. The van der Waals surface area contributed by atoms with E-state index >= 15 is 0 Å². The Balaban J connectivity index is 2.64. The summed E-state index contributed by atoms with van der Waals surface area (Å²) in [5.74, 6) is 0.392. The predicted molar refractivity (Wildman–Crippen MR) is 46.2 cm³/mol. The van der Waals surface area contributed by atoms with E-state index in [1.54, 1.807) is 0 Å². The van der Waals surface area contributed by atoms with Crippen molar-refractivity contribution in [1.29, 1.82) is 0 Å². The summed E-state index contributed by atoms with van der Waals surface area (Å²) in [5, 5.41) is 12.1. The van der Waals surface area contributed by atoms with E-state index in [4.69, 9.17) is 5.11 Å². The fraction of sp³-hybridized carbons (Fsp3) is 0.875. The number of nitrogens with zero attached hydrogens (tertiary/aromatic N) is 1. The molecule has 0 radical (unpaired) electrons. The van der Waals surface area contributed by atoms with Gasteiger partial charge < -0.3 is 15.3 Å². The van der Waals surface area contributed by atoms with Crippen LogP contribution in [0, 0.1) is 5.92 Å². The van der Waals surface area contributed by atoms with Crippen LogP contribution < -0.4 is 5.32 Å². The van der Waals surface area contributed by atoms with Crippen molar-refractivity contribution in [3.05, 3.63) is 0 Å². The van der Waals surface area contributed by atoms with Crippen molar-refractivity contribution >= 4 is 6.09 Å². The van der Waals surface area contributed by atoms with E-state index in [1.165, 1.54) is 4.90 Å². The first-order valence-electron chi connectivity index (χ1n) is 4.33. The van der Waals surface area contributed by atoms with Gasteiger partial charge in [0.25, 0.3) is 0 Å². The molecule has 0 aliphatic carbocycles. The number of carboxylic acid groups (broad SMARTS) is 1. The van der Waals surface area contributed by atoms with Gasteiger partial charge in [-0.25, -0.2) is 4.79 Å². The van der Waals surface area contributed by atoms with Crippen LogP contribution in [0.3, 0.4) is 0 Å². The summed E-state index contributed by atoms with van der Waals surface area (Å²) in [6.45, 7) is 6.30. The Morgan fingerprint density at radius 1 is 1.58 bits per heavy atom. The lowest BCUT2D eigenvalue weighted by Gasteiger charge is -2.27. The highest BCUT2D eigenvalue weighted by atomic mass is 16.4. The summed E-state index contributed by atoms with van der Waals surface area (Å²) in [4.78, 5) is 12.3. The second-order valence-corrected chi connectivity index (χ2v) is 3.40. The van der Waals surface area contributed by atoms with Gasteiger partial charge in [-0.05, 0) is 19.4 Å². The zero-order chi connectivity index (χ0) is 9.14. The average Bonchev–Trinajstić information content (AvgIpc) is 2.15. The predicted octanol–water partition coefficient (Wildman–Crippen LogP) is 0.594. The highest BCUT2D eigenvalue weighted by Crippen LogP contribution is 2.12. The van der Waals surface area contributed by atoms with E-state index in [-0.39, 0.29) is 6.04 Å². The smallest absolute Gasteiger partial charge is 0.407 e. The SMILES string of the molecule is CC1CNCCN(C(=O)O)C1C. The maximum Gasteiger partial charge on any atom is 0.407 e. The molecule has 1 fully saturated rings. The van der Waals surface area contributed by atoms with Crippen LogP contribution >= 0.6 is 0 Å². The highest BCUT2D eigenvalue weighted by Gasteiger charge is 2.25. The molecule has 70 valence electrons. The number of nitrogens with one attached hydrogen (secondary N) is 1. The van der Waals surface area contributed by atoms with Gasteiger partial charge in [0.15, 0.2) is 0 Å². The lowest BCUT2D eigenvalue weighted by molar-refractivity contribution is 0.121. The van der Waals surface area contributed by atoms with Crippen LogP contribution in [0.4, 0.5) is 4.79 Å². The molecule has 2 atom stereocenters. The Morgan fingerprint density at radius 2 is 2.25 bits per heavy atom. The lowest BCUT2D eigenvalue weighted by atomic mass is 10.0. The van der Waals surface area contributed by atoms with Crippen molar-refractivity contribution in [3.8, 4) is 0 Å². The van der Waals surface area contributed by atoms with Gasteiger partial charge >= 0.3 is 6.09 Å². The average molecular weight is 172 g/mol. The summed E-state index contributed by atoms with van der Waals surface area (Å²) in [6.07, 6.45) is -0.807. The van der Waals surface area contributed by atoms with Crippen LogP contribution in [0.1, 0.15) is 13.8 Å². The van der Waals surface area contributed by atoms with Crippen LogP contribution in [0.5, 0.6) is 0 Å². The van der Waals surface area contributed by atoms with Crippen molar-refractivity contribution in [3.63, 3.8) is 0 Å². The largest absolute Gasteiger partial charge is 0.465 e. The van der Waals surface area contributed by atoms with Crippen molar-refractivity contribution in [2.24, 2.45) is 5.92 Å². The van der Waals surface area contributed by atoms with Gasteiger partial charge in [-0.1, -0.05) is 6.92 Å². The number of carbonyl (C=O) groups is 1. The second-order valence-electron chi connectivity index (χ2n) is 3.40. The fourth-order valence-electron chi connectivity index (χ4n) is 1.48. The third kappa shape index (κ3) is 1.88. The summed E-state index contributed by atoms with van der Waals surface area (Å²) in [6, 6.07) is 0.123. The van der Waals surface area contributed by atoms with Gasteiger partial charge in [0, 0.05) is 19.1 Å². The Labute approximate surface area is 72.6 Å². The van der Waals surface area contributed by atoms with Crippen LogP contribution in [-0.2, 0) is 0 Å². The molecule has 0 aromatic heterocycles. The molecule has 1 heterocycles. The molecule has 0 spiro atoms. The molecule has 2 N–H and O–H groups in total. The molecule has 0 aromatic rings. The topological polar surface area (TPSA) is 52.6 Å². The molecule has 1 aliphatic heterocycles. The normalized spacial score (nSPS) is 31.3. The summed E-state index contributed by atoms with van der Waals surface area (Å²) < 4.78 is 0. The van der Waals surface area contributed by atoms with Crippen LogP contribution in [0.2, 0.25) is 0 Å². The van der Waals surface area contributed by atoms with Gasteiger partial charge in [-0.15, -0.1) is 0 Å². The first kappa shape index (κ1) is 9.32. The molecular weight excluding hydrogens is 156 g/mol. The number of amides is 1. The Bertz CT molecular complexity index is 172. The molecular formula is C8H16N2O2. The van der Waals surface area contributed by atoms with Gasteiger partial charge in [-0.2, -0.15) is 0 Å². The van der Waals surface area contributed by atoms with E-state index in [0.717, 1.165) is 13.1 Å². The standard InChI is InChI=1S/C8H16N2O2/c1-6-5-9-3-4-10(7(6)2)8(11)12/h6-7,9H,3-5H2,1-2H3,(H,11,12). The summed E-state index contributed by atoms with van der Waals surface area (Å²) in [7, 11) is 0. The van der Waals surface area contributed by atoms with Gasteiger partial charge in [0.05, 0.1) is 0 Å². The first-order valence-corrected chi connectivity index (χ1v) is 4.33. The Hall–Kier alpha value is -0.770. The number of rotatable bonds is 0. The van der Waals surface area contributed by atoms with Crippen LogP contribution in [0.25, 0.3) is 0 Å². The fourth-order valence-corrected chi connectivity index (χ4v) is 1.48. The molecule has 12 heavy (non-hydrogen) atoms. The summed E-state index contributed by atoms with van der Waals surface area (Å²) >= 11 is 0. The van der Waals surface area contributed by atoms with Crippen molar-refractivity contribution in [2.75, 3.05) is 19.6 Å². The zero-order valence-electron chi connectivity index (χ0n) is 7.58. The lowest BCUT2D eigenvalue weighted by Crippen LogP contribution is -2.41. The second kappa shape index (κ2) is 3.76. The summed E-state index contributed by atoms with van der Waals surface area (Å²) in [5.41, 5.74) is 0. The van der Waals surface area contributed by atoms with Crippen molar-refractivity contribution in [2.45, 2.75) is 19.9 Å². The van der Waals surface area contributed by atoms with Crippen LogP contribution in [0.15, 0.2) is 0 Å². The molecule has 1 amide bonds. The first-order chi connectivity index (χ1) is 5.63. The minimum atomic E-state index is -0.807. The maximum atomic E-state index is 10.8. The molecule has 4 heteroatoms. The minimum absolute atomic E-state index is 0.123. The molecule has 1 rings (SSSR count). The Morgan fingerprint density at radius 3 is 2.83 bits per heavy atom. The molecule has 1 aliphatic rings. The number of hydrogen-bond acceptors (Lipinski definition) is 2. The van der Waals surface area contributed by atoms with E-state index in [2.05, 4.69) is 12.2 Å². The van der Waals surface area contributed by atoms with Crippen molar-refractivity contribution in [1.82, 2.24) is 10.2 Å². The minimum Gasteiger partial charge on any atom is -0.465 e. The molecule has 2 unspecified atom stereocenters. The maximum absolute atomic E-state index is 10.8. The quantitative estimate of drug-likeness (QED) is 0.562. The van der Waals surface area contributed by atoms with Gasteiger partial charge in [-0.3, -0.25) is 0 Å². The van der Waals surface area contributed by atoms with Crippen molar-refractivity contribution < 1.29 is 9.90 Å². The molecule has 0 saturated carbocycles. The third-order valence-electron chi connectivity index (χ3n) is 2.56. The highest BCUT2D eigenvalue weighted by molar-refractivity contribution is 5.65. The van der Waals surface area contributed by atoms with E-state index in [9.17, 15) is 4.79 Å². The monoisotopic (exact) mass is 172 g/mol. The van der Waals surface area contributed by atoms with E-state index < -0.39 is 6.09 Å². The zero-order valence-corrected chi connectivity index (χ0v) is 7.58. The molecule has 1 saturated heterocycles. The van der Waals surface area contributed by atoms with Gasteiger partial charge in [0.1, 0.15) is 0 Å². The molecule has 0 aromatic carbocycles. The number of hydrogen-bond donors (Lipinski definition) is 2. The molecule has 0 bridgehead atoms. The Kier molecular flexibility index (Phi) is 2.92. The van der Waals surface area contributed by atoms with Crippen LogP contribution in [-0.4, -0.2) is 41.8 Å². The van der Waals surface area contributed by atoms with Gasteiger partial charge in [0.2, 0.25) is 0 Å².